The third kappa shape index (κ3) is 8.16. The minimum Gasteiger partial charge on any atom is -0.495 e. The van der Waals surface area contributed by atoms with Crippen molar-refractivity contribution in [3.05, 3.63) is 40.8 Å². The monoisotopic (exact) mass is 836 g/mol. The van der Waals surface area contributed by atoms with E-state index in [0.29, 0.717) is 52.0 Å². The smallest absolute Gasteiger partial charge is 0.408 e. The van der Waals surface area contributed by atoms with Crippen LogP contribution in [0.25, 0.3) is 22.3 Å². The zero-order valence-corrected chi connectivity index (χ0v) is 35.8. The number of nitrogens with zero attached hydrogens (tertiary/aromatic N) is 3. The summed E-state index contributed by atoms with van der Waals surface area (Å²) in [5.41, 5.74) is -0.475. The summed E-state index contributed by atoms with van der Waals surface area (Å²) in [6.07, 6.45) is 3.26. The lowest BCUT2D eigenvalue weighted by atomic mass is 9.85. The van der Waals surface area contributed by atoms with E-state index in [9.17, 15) is 19.2 Å². The summed E-state index contributed by atoms with van der Waals surface area (Å²) >= 11 is 8.38. The highest BCUT2D eigenvalue weighted by Crippen LogP contribution is 2.52. The molecule has 0 spiro atoms. The molecule has 2 aromatic heterocycles. The fourth-order valence-electron chi connectivity index (χ4n) is 8.44. The largest absolute Gasteiger partial charge is 0.495 e. The van der Waals surface area contributed by atoms with Crippen LogP contribution < -0.4 is 25.4 Å². The number of rotatable bonds is 13. The Kier molecular flexibility index (Phi) is 11.3. The normalized spacial score (nSPS) is 26.4. The quantitative estimate of drug-likeness (QED) is 0.124. The number of esters is 1. The lowest BCUT2D eigenvalue weighted by Gasteiger charge is -2.35. The van der Waals surface area contributed by atoms with Gasteiger partial charge in [0, 0.05) is 34.7 Å². The summed E-state index contributed by atoms with van der Waals surface area (Å²) in [6, 6.07) is 3.36. The topological polar surface area (TPSA) is 170 Å². The van der Waals surface area contributed by atoms with E-state index in [0.717, 1.165) is 22.9 Å². The molecule has 1 saturated heterocycles. The standard InChI is InChI=1S/C42H53ClN6O8S/c1-10-24-18-42(24,38(52)55-9)48-36(50)29-16-26(19-49(29)37(51)35(41(5,6)7)47-40(53)57-25-14-22-13-23(22)15-25)56-31-17-28(33-21(4)58-39(46-33)44-20(2)3)45-34-27(31)11-12-30(54-8)32(34)43/h10-12,17,20,22-26,29,35H,1,13-16,18-19H2,2-9H3,(H,44,46)(H,47,53)(H,48,50)/t22-,23+,24-,25?,26-,29+,35-,42-/m1/s1. The summed E-state index contributed by atoms with van der Waals surface area (Å²) in [6.45, 7) is 15.4. The van der Waals surface area contributed by atoms with Crippen molar-refractivity contribution in [3.8, 4) is 22.9 Å². The molecule has 3 aromatic rings. The van der Waals surface area contributed by atoms with Crippen molar-refractivity contribution < 1.29 is 38.1 Å². The van der Waals surface area contributed by atoms with Crippen LogP contribution in [0.1, 0.15) is 71.6 Å². The average Bonchev–Trinajstić information content (AvgIpc) is 3.88. The van der Waals surface area contributed by atoms with Gasteiger partial charge in [0.1, 0.15) is 52.0 Å². The number of fused-ring (bicyclic) bond motifs is 2. The summed E-state index contributed by atoms with van der Waals surface area (Å²) in [4.78, 5) is 67.6. The van der Waals surface area contributed by atoms with Gasteiger partial charge in [-0.15, -0.1) is 17.9 Å². The molecular formula is C42H53ClN6O8S. The molecule has 1 aliphatic heterocycles. The summed E-state index contributed by atoms with van der Waals surface area (Å²) in [5, 5.41) is 10.7. The molecule has 16 heteroatoms. The number of carbonyl (C=O) groups excluding carboxylic acids is 4. The number of hydrogen-bond donors (Lipinski definition) is 3. The minimum absolute atomic E-state index is 0.0104. The van der Waals surface area contributed by atoms with Gasteiger partial charge in [-0.05, 0) is 75.8 Å². The number of carbonyl (C=O) groups is 4. The summed E-state index contributed by atoms with van der Waals surface area (Å²) in [7, 11) is 2.79. The van der Waals surface area contributed by atoms with Crippen LogP contribution in [0, 0.1) is 30.1 Å². The Bertz CT molecular complexity index is 2130. The Morgan fingerprint density at radius 2 is 1.78 bits per heavy atom. The molecule has 4 fully saturated rings. The first kappa shape index (κ1) is 41.5. The number of hydrogen-bond acceptors (Lipinski definition) is 12. The molecule has 58 heavy (non-hydrogen) atoms. The Labute approximate surface area is 347 Å². The van der Waals surface area contributed by atoms with Crippen molar-refractivity contribution in [3.63, 3.8) is 0 Å². The predicted molar refractivity (Wildman–Crippen MR) is 221 cm³/mol. The number of halogens is 1. The molecule has 1 aromatic carbocycles. The molecule has 8 atom stereocenters. The number of methoxy groups -OCH3 is 2. The fraction of sp³-hybridized carbons (Fsp3) is 0.571. The number of amides is 3. The maximum Gasteiger partial charge on any atom is 0.408 e. The molecule has 4 aliphatic rings. The molecular weight excluding hydrogens is 784 g/mol. The zero-order chi connectivity index (χ0) is 41.8. The lowest BCUT2D eigenvalue weighted by molar-refractivity contribution is -0.148. The van der Waals surface area contributed by atoms with Crippen LogP contribution in [0.15, 0.2) is 30.9 Å². The number of aromatic nitrogens is 2. The van der Waals surface area contributed by atoms with Crippen molar-refractivity contribution in [1.29, 1.82) is 0 Å². The number of pyridine rings is 1. The van der Waals surface area contributed by atoms with E-state index in [1.165, 1.54) is 36.9 Å². The predicted octanol–water partition coefficient (Wildman–Crippen LogP) is 6.67. The van der Waals surface area contributed by atoms with E-state index in [2.05, 4.69) is 22.5 Å². The fourth-order valence-corrected chi connectivity index (χ4v) is 9.70. The highest BCUT2D eigenvalue weighted by molar-refractivity contribution is 7.16. The average molecular weight is 837 g/mol. The van der Waals surface area contributed by atoms with Gasteiger partial charge in [-0.25, -0.2) is 19.6 Å². The van der Waals surface area contributed by atoms with Crippen molar-refractivity contribution in [1.82, 2.24) is 25.5 Å². The van der Waals surface area contributed by atoms with Crippen LogP contribution in [0.4, 0.5) is 9.93 Å². The highest BCUT2D eigenvalue weighted by Gasteiger charge is 2.62. The molecule has 3 amide bonds. The maximum atomic E-state index is 14.8. The van der Waals surface area contributed by atoms with Gasteiger partial charge >= 0.3 is 12.1 Å². The van der Waals surface area contributed by atoms with Gasteiger partial charge in [-0.2, -0.15) is 0 Å². The van der Waals surface area contributed by atoms with Crippen LogP contribution in [-0.2, 0) is 23.9 Å². The molecule has 0 bridgehead atoms. The molecule has 0 radical (unpaired) electrons. The van der Waals surface area contributed by atoms with Crippen LogP contribution in [0.2, 0.25) is 5.02 Å². The van der Waals surface area contributed by atoms with Gasteiger partial charge in [0.25, 0.3) is 0 Å². The number of ether oxygens (including phenoxy) is 4. The van der Waals surface area contributed by atoms with Crippen LogP contribution in [0.3, 0.4) is 0 Å². The van der Waals surface area contributed by atoms with E-state index in [1.807, 2.05) is 41.5 Å². The Morgan fingerprint density at radius 3 is 2.40 bits per heavy atom. The Morgan fingerprint density at radius 1 is 1.05 bits per heavy atom. The molecule has 7 rings (SSSR count). The van der Waals surface area contributed by atoms with Crippen molar-refractivity contribution in [2.45, 2.75) is 110 Å². The number of anilines is 1. The molecule has 3 saturated carbocycles. The number of nitrogens with one attached hydrogen (secondary N) is 3. The van der Waals surface area contributed by atoms with E-state index < -0.39 is 53.0 Å². The third-order valence-corrected chi connectivity index (χ3v) is 13.0. The van der Waals surface area contributed by atoms with E-state index in [4.69, 9.17) is 40.5 Å². The third-order valence-electron chi connectivity index (χ3n) is 11.7. The maximum absolute atomic E-state index is 14.8. The number of alkyl carbamates (subject to hydrolysis) is 1. The van der Waals surface area contributed by atoms with Gasteiger partial charge in [-0.1, -0.05) is 38.4 Å². The molecule has 1 unspecified atom stereocenters. The lowest BCUT2D eigenvalue weighted by Crippen LogP contribution is -2.59. The highest BCUT2D eigenvalue weighted by atomic mass is 35.5. The second kappa shape index (κ2) is 15.9. The number of thiazole rings is 1. The van der Waals surface area contributed by atoms with Crippen molar-refractivity contribution in [2.24, 2.45) is 23.2 Å². The molecule has 3 heterocycles. The minimum atomic E-state index is -1.30. The first-order valence-electron chi connectivity index (χ1n) is 19.8. The number of benzene rings is 1. The molecule has 3 aliphatic carbocycles. The van der Waals surface area contributed by atoms with E-state index in [-0.39, 0.29) is 36.1 Å². The molecule has 14 nitrogen and oxygen atoms in total. The van der Waals surface area contributed by atoms with Crippen molar-refractivity contribution >= 4 is 62.8 Å². The van der Waals surface area contributed by atoms with Gasteiger partial charge in [0.05, 0.1) is 32.0 Å². The second-order valence-electron chi connectivity index (χ2n) is 17.4. The summed E-state index contributed by atoms with van der Waals surface area (Å²) in [5.74, 6) is 0.0932. The number of aryl methyl sites for hydroxylation is 1. The van der Waals surface area contributed by atoms with Crippen LogP contribution in [-0.4, -0.2) is 95.4 Å². The van der Waals surface area contributed by atoms with Gasteiger partial charge < -0.3 is 39.8 Å². The summed E-state index contributed by atoms with van der Waals surface area (Å²) < 4.78 is 23.2. The Balaban J connectivity index is 1.22. The van der Waals surface area contributed by atoms with Gasteiger partial charge in [0.15, 0.2) is 5.13 Å². The van der Waals surface area contributed by atoms with E-state index in [1.54, 1.807) is 24.3 Å². The van der Waals surface area contributed by atoms with Gasteiger partial charge in [0.2, 0.25) is 11.8 Å². The SMILES string of the molecule is C=C[C@@H]1C[C@]1(NC(=O)[C@@H]1C[C@@H](Oc2cc(-c3nc(NC(C)C)sc3C)nc3c(Cl)c(OC)ccc23)CN1C(=O)[C@@H](NC(=O)OC1C[C@@H]2C[C@@H]2C1)C(C)(C)C)C(=O)OC. The van der Waals surface area contributed by atoms with Crippen LogP contribution in [0.5, 0.6) is 11.5 Å². The zero-order valence-electron chi connectivity index (χ0n) is 34.3. The van der Waals surface area contributed by atoms with Crippen LogP contribution >= 0.6 is 22.9 Å². The van der Waals surface area contributed by atoms with Crippen molar-refractivity contribution in [2.75, 3.05) is 26.1 Å². The molecule has 312 valence electrons. The second-order valence-corrected chi connectivity index (χ2v) is 19.0. The first-order valence-corrected chi connectivity index (χ1v) is 21.0. The molecule has 3 N–H and O–H groups in total. The Hall–Kier alpha value is -4.63. The van der Waals surface area contributed by atoms with Gasteiger partial charge in [-0.3, -0.25) is 9.59 Å². The first-order chi connectivity index (χ1) is 27.5. The van der Waals surface area contributed by atoms with E-state index >= 15 is 0 Å². The number of likely N-dealkylation sites (tertiary alicyclic amines) is 1.